The molecule has 100 valence electrons. The van der Waals surface area contributed by atoms with Crippen molar-refractivity contribution in [1.29, 1.82) is 5.26 Å². The minimum Gasteiger partial charge on any atom is -0.367 e. The van der Waals surface area contributed by atoms with Gasteiger partial charge < -0.3 is 15.1 Å². The van der Waals surface area contributed by atoms with E-state index in [2.05, 4.69) is 27.1 Å². The molecule has 1 fully saturated rings. The summed E-state index contributed by atoms with van der Waals surface area (Å²) >= 11 is 0. The van der Waals surface area contributed by atoms with Crippen LogP contribution in [0.15, 0.2) is 18.5 Å². The molecule has 0 bridgehead atoms. The second kappa shape index (κ2) is 6.16. The van der Waals surface area contributed by atoms with E-state index < -0.39 is 0 Å². The second-order valence-corrected chi connectivity index (χ2v) is 4.57. The number of nitrogens with one attached hydrogen (secondary N) is 1. The number of likely N-dealkylation sites (N-methyl/N-ethyl adjacent to an activating group) is 1. The molecule has 2 rings (SSSR count). The highest BCUT2D eigenvalue weighted by Crippen LogP contribution is 2.25. The van der Waals surface area contributed by atoms with Gasteiger partial charge in [-0.15, -0.1) is 0 Å². The second-order valence-electron chi connectivity index (χ2n) is 4.57. The van der Waals surface area contributed by atoms with Crippen molar-refractivity contribution < 1.29 is 4.79 Å². The summed E-state index contributed by atoms with van der Waals surface area (Å²) < 4.78 is 0. The maximum absolute atomic E-state index is 11.5. The summed E-state index contributed by atoms with van der Waals surface area (Å²) in [4.78, 5) is 20.0. The van der Waals surface area contributed by atoms with Crippen molar-refractivity contribution in [3.63, 3.8) is 0 Å². The lowest BCUT2D eigenvalue weighted by Gasteiger charge is -2.34. The molecule has 6 heteroatoms. The first-order valence-corrected chi connectivity index (χ1v) is 6.25. The van der Waals surface area contributed by atoms with Crippen LogP contribution in [0.3, 0.4) is 0 Å². The van der Waals surface area contributed by atoms with Crippen LogP contribution in [0.5, 0.6) is 0 Å². The predicted molar refractivity (Wildman–Crippen MR) is 72.8 cm³/mol. The van der Waals surface area contributed by atoms with E-state index in [0.717, 1.165) is 31.9 Å². The van der Waals surface area contributed by atoms with Crippen LogP contribution >= 0.6 is 0 Å². The minimum absolute atomic E-state index is 0.142. The summed E-state index contributed by atoms with van der Waals surface area (Å²) in [5, 5.41) is 11.3. The van der Waals surface area contributed by atoms with E-state index in [1.165, 1.54) is 0 Å². The van der Waals surface area contributed by atoms with Gasteiger partial charge in [-0.05, 0) is 13.1 Å². The van der Waals surface area contributed by atoms with E-state index in [1.807, 2.05) is 12.1 Å². The number of hydrogen-bond acceptors (Lipinski definition) is 5. The van der Waals surface area contributed by atoms with Gasteiger partial charge in [-0.3, -0.25) is 9.78 Å². The third-order valence-electron chi connectivity index (χ3n) is 3.16. The van der Waals surface area contributed by atoms with Crippen LogP contribution in [-0.4, -0.2) is 49.0 Å². The zero-order valence-electron chi connectivity index (χ0n) is 11.0. The number of nitriles is 1. The van der Waals surface area contributed by atoms with E-state index >= 15 is 0 Å². The van der Waals surface area contributed by atoms with E-state index in [9.17, 15) is 4.79 Å². The highest BCUT2D eigenvalue weighted by Gasteiger charge is 2.17. The van der Waals surface area contributed by atoms with Gasteiger partial charge in [-0.25, -0.2) is 0 Å². The minimum atomic E-state index is -0.300. The fraction of sp³-hybridized carbons (Fsp3) is 0.462. The van der Waals surface area contributed by atoms with E-state index in [4.69, 9.17) is 5.26 Å². The molecule has 1 saturated heterocycles. The molecule has 0 aromatic carbocycles. The molecule has 1 aromatic heterocycles. The summed E-state index contributed by atoms with van der Waals surface area (Å²) in [6.07, 6.45) is 3.20. The third kappa shape index (κ3) is 3.42. The Bertz CT molecular complexity index is 488. The number of carbonyl (C=O) groups is 1. The van der Waals surface area contributed by atoms with Crippen LogP contribution < -0.4 is 10.2 Å². The SMILES string of the molecule is CN1CCN(c2ccncc2NC(=O)CC#N)CC1. The van der Waals surface area contributed by atoms with Crippen molar-refractivity contribution in [3.8, 4) is 6.07 Å². The van der Waals surface area contributed by atoms with Crippen molar-refractivity contribution in [3.05, 3.63) is 18.5 Å². The Morgan fingerprint density at radius 3 is 2.89 bits per heavy atom. The highest BCUT2D eigenvalue weighted by molar-refractivity contribution is 5.95. The average Bonchev–Trinajstić information content (AvgIpc) is 2.41. The lowest BCUT2D eigenvalue weighted by molar-refractivity contribution is -0.115. The molecule has 1 aliphatic rings. The molecule has 6 nitrogen and oxygen atoms in total. The number of hydrogen-bond donors (Lipinski definition) is 1. The fourth-order valence-electron chi connectivity index (χ4n) is 2.07. The molecular weight excluding hydrogens is 242 g/mol. The van der Waals surface area contributed by atoms with Gasteiger partial charge in [0.2, 0.25) is 5.91 Å². The zero-order valence-corrected chi connectivity index (χ0v) is 11.0. The molecule has 0 aliphatic carbocycles. The third-order valence-corrected chi connectivity index (χ3v) is 3.16. The normalized spacial score (nSPS) is 15.9. The summed E-state index contributed by atoms with van der Waals surface area (Å²) in [5.41, 5.74) is 1.64. The molecule has 0 atom stereocenters. The molecule has 1 aromatic rings. The Hall–Kier alpha value is -2.13. The number of pyridine rings is 1. The Morgan fingerprint density at radius 2 is 2.21 bits per heavy atom. The van der Waals surface area contributed by atoms with Crippen LogP contribution in [0.25, 0.3) is 0 Å². The molecule has 0 spiro atoms. The van der Waals surface area contributed by atoms with E-state index in [-0.39, 0.29) is 12.3 Å². The Labute approximate surface area is 112 Å². The first kappa shape index (κ1) is 13.3. The van der Waals surface area contributed by atoms with Crippen molar-refractivity contribution in [2.75, 3.05) is 43.4 Å². The molecule has 0 unspecified atom stereocenters. The summed E-state index contributed by atoms with van der Waals surface area (Å²) in [6.45, 7) is 3.82. The Balaban J connectivity index is 2.12. The van der Waals surface area contributed by atoms with Crippen molar-refractivity contribution in [1.82, 2.24) is 9.88 Å². The highest BCUT2D eigenvalue weighted by atomic mass is 16.1. The van der Waals surface area contributed by atoms with Crippen LogP contribution in [0.2, 0.25) is 0 Å². The molecule has 1 amide bonds. The maximum Gasteiger partial charge on any atom is 0.238 e. The Kier molecular flexibility index (Phi) is 4.31. The van der Waals surface area contributed by atoms with Crippen molar-refractivity contribution >= 4 is 17.3 Å². The van der Waals surface area contributed by atoms with E-state index in [0.29, 0.717) is 5.69 Å². The standard InChI is InChI=1S/C13H17N5O/c1-17-6-8-18(9-7-17)12-3-5-15-10-11(12)16-13(19)2-4-14/h3,5,10H,2,6-9H2,1H3,(H,16,19). The zero-order chi connectivity index (χ0) is 13.7. The fourth-order valence-corrected chi connectivity index (χ4v) is 2.07. The van der Waals surface area contributed by atoms with Crippen LogP contribution in [-0.2, 0) is 4.79 Å². The number of piperazine rings is 1. The quantitative estimate of drug-likeness (QED) is 0.864. The molecular formula is C13H17N5O. The van der Waals surface area contributed by atoms with Gasteiger partial charge in [0.25, 0.3) is 0 Å². The van der Waals surface area contributed by atoms with Gasteiger partial charge in [-0.1, -0.05) is 0 Å². The van der Waals surface area contributed by atoms with Crippen LogP contribution in [0.4, 0.5) is 11.4 Å². The van der Waals surface area contributed by atoms with Gasteiger partial charge in [0.1, 0.15) is 6.42 Å². The molecule has 0 radical (unpaired) electrons. The van der Waals surface area contributed by atoms with Gasteiger partial charge in [0, 0.05) is 32.4 Å². The largest absolute Gasteiger partial charge is 0.367 e. The first-order chi connectivity index (χ1) is 9.20. The monoisotopic (exact) mass is 259 g/mol. The Morgan fingerprint density at radius 1 is 1.47 bits per heavy atom. The maximum atomic E-state index is 11.5. The summed E-state index contributed by atoms with van der Waals surface area (Å²) in [7, 11) is 2.10. The number of aromatic nitrogens is 1. The first-order valence-electron chi connectivity index (χ1n) is 6.25. The number of amides is 1. The number of nitrogens with zero attached hydrogens (tertiary/aromatic N) is 4. The molecule has 0 saturated carbocycles. The average molecular weight is 259 g/mol. The van der Waals surface area contributed by atoms with Crippen LogP contribution in [0, 0.1) is 11.3 Å². The number of carbonyl (C=O) groups excluding carboxylic acids is 1. The van der Waals surface area contributed by atoms with Gasteiger partial charge in [-0.2, -0.15) is 5.26 Å². The summed E-state index contributed by atoms with van der Waals surface area (Å²) in [5.74, 6) is -0.300. The van der Waals surface area contributed by atoms with Gasteiger partial charge >= 0.3 is 0 Å². The van der Waals surface area contributed by atoms with Gasteiger partial charge in [0.05, 0.1) is 23.6 Å². The van der Waals surface area contributed by atoms with E-state index in [1.54, 1.807) is 12.4 Å². The van der Waals surface area contributed by atoms with Crippen LogP contribution in [0.1, 0.15) is 6.42 Å². The van der Waals surface area contributed by atoms with Crippen molar-refractivity contribution in [2.24, 2.45) is 0 Å². The summed E-state index contributed by atoms with van der Waals surface area (Å²) in [6, 6.07) is 3.74. The topological polar surface area (TPSA) is 72.3 Å². The van der Waals surface area contributed by atoms with Gasteiger partial charge in [0.15, 0.2) is 0 Å². The number of anilines is 2. The predicted octanol–water partition coefficient (Wildman–Crippen LogP) is 0.686. The lowest BCUT2D eigenvalue weighted by Crippen LogP contribution is -2.44. The smallest absolute Gasteiger partial charge is 0.238 e. The lowest BCUT2D eigenvalue weighted by atomic mass is 10.2. The van der Waals surface area contributed by atoms with Crippen molar-refractivity contribution in [2.45, 2.75) is 6.42 Å². The molecule has 19 heavy (non-hydrogen) atoms. The molecule has 1 N–H and O–H groups in total. The molecule has 2 heterocycles. The number of rotatable bonds is 3. The molecule has 1 aliphatic heterocycles.